The van der Waals surface area contributed by atoms with E-state index < -0.39 is 0 Å². The molecule has 0 amide bonds. The number of ketones is 1. The van der Waals surface area contributed by atoms with E-state index in [0.717, 1.165) is 48.3 Å². The number of carbonyl (C=O) groups excluding carboxylic acids is 1. The van der Waals surface area contributed by atoms with Gasteiger partial charge in [-0.05, 0) is 96.5 Å². The summed E-state index contributed by atoms with van der Waals surface area (Å²) in [6.45, 7) is 12.5. The van der Waals surface area contributed by atoms with E-state index in [1.165, 1.54) is 56.9 Å². The predicted octanol–water partition coefficient (Wildman–Crippen LogP) is 7.97. The Hall–Kier alpha value is -0.110. The van der Waals surface area contributed by atoms with Gasteiger partial charge < -0.3 is 0 Å². The van der Waals surface area contributed by atoms with E-state index in [1.807, 2.05) is 6.08 Å². The van der Waals surface area contributed by atoms with Gasteiger partial charge in [0, 0.05) is 11.2 Å². The van der Waals surface area contributed by atoms with Gasteiger partial charge in [0.25, 0.3) is 0 Å². The first-order chi connectivity index (χ1) is 13.7. The molecule has 0 aromatic heterocycles. The molecule has 8 atom stereocenters. The predicted molar refractivity (Wildman–Crippen MR) is 126 cm³/mol. The zero-order chi connectivity index (χ0) is 21.0. The second-order valence-electron chi connectivity index (χ2n) is 12.1. The van der Waals surface area contributed by atoms with Crippen LogP contribution in [-0.4, -0.2) is 10.6 Å². The number of hydrogen-bond donors (Lipinski definition) is 0. The normalized spacial score (nSPS) is 45.4. The van der Waals surface area contributed by atoms with E-state index in [9.17, 15) is 4.79 Å². The first-order valence-electron chi connectivity index (χ1n) is 12.6. The fourth-order valence-electron chi connectivity index (χ4n) is 8.58. The van der Waals surface area contributed by atoms with Crippen LogP contribution < -0.4 is 0 Å². The molecule has 4 aliphatic carbocycles. The van der Waals surface area contributed by atoms with Crippen LogP contribution in [-0.2, 0) is 4.79 Å². The maximum Gasteiger partial charge on any atom is 0.155 e. The molecule has 4 aliphatic rings. The molecular weight excluding hydrogens is 420 g/mol. The highest BCUT2D eigenvalue weighted by atomic mass is 79.9. The second kappa shape index (κ2) is 8.10. The van der Waals surface area contributed by atoms with Crippen LogP contribution in [0.1, 0.15) is 98.8 Å². The molecule has 4 rings (SSSR count). The summed E-state index contributed by atoms with van der Waals surface area (Å²) in [5.74, 6) is 5.54. The Morgan fingerprint density at radius 1 is 1.07 bits per heavy atom. The van der Waals surface area contributed by atoms with Crippen LogP contribution in [0.15, 0.2) is 11.6 Å². The van der Waals surface area contributed by atoms with Crippen molar-refractivity contribution in [1.29, 1.82) is 0 Å². The molecule has 0 aromatic carbocycles. The van der Waals surface area contributed by atoms with Gasteiger partial charge in [-0.25, -0.2) is 0 Å². The summed E-state index contributed by atoms with van der Waals surface area (Å²) in [5, 5.41) is 0. The van der Waals surface area contributed by atoms with Crippen LogP contribution >= 0.6 is 15.9 Å². The van der Waals surface area contributed by atoms with Crippen LogP contribution in [0.4, 0.5) is 0 Å². The summed E-state index contributed by atoms with van der Waals surface area (Å²) in [4.78, 5) is 12.6. The molecule has 1 nitrogen and oxygen atoms in total. The standard InChI is InChI=1S/C27H43BrO/c1-17(2)7-6-8-18(3)21-9-10-22-20-16-25(28)24-15-19(29)11-13-27(24,5)23(20)12-14-26(21,22)4/h15,17-18,20-23,25H,6-14,16H2,1-5H3/t18-,20+,21-,22+,23+,25?,26-,27-/m1/s1. The number of halogens is 1. The number of hydrogen-bond acceptors (Lipinski definition) is 1. The third-order valence-electron chi connectivity index (χ3n) is 10.1. The van der Waals surface area contributed by atoms with E-state index >= 15 is 0 Å². The van der Waals surface area contributed by atoms with Gasteiger partial charge in [-0.1, -0.05) is 69.8 Å². The van der Waals surface area contributed by atoms with Gasteiger partial charge in [-0.2, -0.15) is 0 Å². The SMILES string of the molecule is CC(C)CCC[C@@H](C)[C@H]1CC[C@H]2[C@@H]3CC(Br)C4=CC(=O)CC[C@]4(C)[C@H]3CC[C@]12C. The zero-order valence-electron chi connectivity index (χ0n) is 19.5. The van der Waals surface area contributed by atoms with Gasteiger partial charge in [0.1, 0.15) is 0 Å². The minimum absolute atomic E-state index is 0.257. The van der Waals surface area contributed by atoms with Crippen LogP contribution in [0.2, 0.25) is 0 Å². The average Bonchev–Trinajstić information content (AvgIpc) is 3.00. The molecule has 0 radical (unpaired) electrons. The number of carbonyl (C=O) groups is 1. The van der Waals surface area contributed by atoms with Crippen molar-refractivity contribution in [3.8, 4) is 0 Å². The van der Waals surface area contributed by atoms with Crippen molar-refractivity contribution in [2.24, 2.45) is 46.3 Å². The summed E-state index contributed by atoms with van der Waals surface area (Å²) >= 11 is 4.04. The Morgan fingerprint density at radius 2 is 1.83 bits per heavy atom. The molecular formula is C27H43BrO. The van der Waals surface area contributed by atoms with Gasteiger partial charge in [0.05, 0.1) is 0 Å². The largest absolute Gasteiger partial charge is 0.295 e. The molecule has 0 aliphatic heterocycles. The van der Waals surface area contributed by atoms with Crippen molar-refractivity contribution < 1.29 is 4.79 Å². The van der Waals surface area contributed by atoms with Crippen LogP contribution in [0.3, 0.4) is 0 Å². The minimum atomic E-state index is 0.257. The highest BCUT2D eigenvalue weighted by Crippen LogP contribution is 2.68. The van der Waals surface area contributed by atoms with Gasteiger partial charge in [0.2, 0.25) is 0 Å². The fraction of sp³-hybridized carbons (Fsp3) is 0.889. The third-order valence-corrected chi connectivity index (χ3v) is 11.0. The van der Waals surface area contributed by atoms with Crippen molar-refractivity contribution in [3.63, 3.8) is 0 Å². The molecule has 1 unspecified atom stereocenters. The average molecular weight is 464 g/mol. The third kappa shape index (κ3) is 3.72. The van der Waals surface area contributed by atoms with E-state index in [0.29, 0.717) is 16.0 Å². The van der Waals surface area contributed by atoms with Crippen molar-refractivity contribution >= 4 is 21.7 Å². The molecule has 0 aromatic rings. The summed E-state index contributed by atoms with van der Waals surface area (Å²) in [6.07, 6.45) is 15.1. The lowest BCUT2D eigenvalue weighted by Gasteiger charge is -2.59. The summed E-state index contributed by atoms with van der Waals surface area (Å²) in [6, 6.07) is 0. The molecule has 0 spiro atoms. The highest BCUT2D eigenvalue weighted by Gasteiger charge is 2.60. The number of alkyl halides is 1. The molecule has 164 valence electrons. The molecule has 3 saturated carbocycles. The summed E-state index contributed by atoms with van der Waals surface area (Å²) in [7, 11) is 0. The van der Waals surface area contributed by atoms with E-state index in [1.54, 1.807) is 0 Å². The van der Waals surface area contributed by atoms with Crippen molar-refractivity contribution in [2.75, 3.05) is 0 Å². The Kier molecular flexibility index (Phi) is 6.17. The molecule has 2 heteroatoms. The Bertz CT molecular complexity index is 665. The Balaban J connectivity index is 1.53. The quantitative estimate of drug-likeness (QED) is 0.378. The van der Waals surface area contributed by atoms with E-state index in [2.05, 4.69) is 50.5 Å². The van der Waals surface area contributed by atoms with Gasteiger partial charge in [-0.3, -0.25) is 4.79 Å². The maximum absolute atomic E-state index is 12.1. The topological polar surface area (TPSA) is 17.1 Å². The lowest BCUT2D eigenvalue weighted by atomic mass is 9.46. The lowest BCUT2D eigenvalue weighted by molar-refractivity contribution is -0.117. The summed E-state index contributed by atoms with van der Waals surface area (Å²) in [5.41, 5.74) is 2.25. The molecule has 0 bridgehead atoms. The van der Waals surface area contributed by atoms with Gasteiger partial charge in [0.15, 0.2) is 5.78 Å². The first kappa shape index (κ1) is 22.1. The van der Waals surface area contributed by atoms with Crippen molar-refractivity contribution in [3.05, 3.63) is 11.6 Å². The second-order valence-corrected chi connectivity index (χ2v) is 13.2. The molecule has 0 heterocycles. The number of rotatable bonds is 5. The van der Waals surface area contributed by atoms with Crippen molar-refractivity contribution in [1.82, 2.24) is 0 Å². The fourth-order valence-corrected chi connectivity index (χ4v) is 9.67. The monoisotopic (exact) mass is 462 g/mol. The maximum atomic E-state index is 12.1. The molecule has 0 N–H and O–H groups in total. The lowest BCUT2D eigenvalue weighted by Crippen LogP contribution is -2.53. The number of fused-ring (bicyclic) bond motifs is 5. The minimum Gasteiger partial charge on any atom is -0.295 e. The first-order valence-corrected chi connectivity index (χ1v) is 13.5. The Labute approximate surface area is 188 Å². The van der Waals surface area contributed by atoms with Crippen LogP contribution in [0.25, 0.3) is 0 Å². The van der Waals surface area contributed by atoms with Gasteiger partial charge >= 0.3 is 0 Å². The number of allylic oxidation sites excluding steroid dienone is 1. The Morgan fingerprint density at radius 3 is 2.55 bits per heavy atom. The molecule has 0 saturated heterocycles. The summed E-state index contributed by atoms with van der Waals surface area (Å²) < 4.78 is 0. The zero-order valence-corrected chi connectivity index (χ0v) is 21.1. The highest BCUT2D eigenvalue weighted by molar-refractivity contribution is 9.09. The van der Waals surface area contributed by atoms with Gasteiger partial charge in [-0.15, -0.1) is 0 Å². The van der Waals surface area contributed by atoms with Crippen LogP contribution in [0.5, 0.6) is 0 Å². The van der Waals surface area contributed by atoms with E-state index in [4.69, 9.17) is 0 Å². The van der Waals surface area contributed by atoms with Crippen LogP contribution in [0, 0.1) is 46.3 Å². The van der Waals surface area contributed by atoms with E-state index in [-0.39, 0.29) is 5.41 Å². The molecule has 3 fully saturated rings. The smallest absolute Gasteiger partial charge is 0.155 e. The van der Waals surface area contributed by atoms with Crippen molar-refractivity contribution in [2.45, 2.75) is 104 Å². The molecule has 29 heavy (non-hydrogen) atoms.